The minimum absolute atomic E-state index is 0.0908. The van der Waals surface area contributed by atoms with E-state index in [1.807, 2.05) is 13.8 Å². The monoisotopic (exact) mass is 421 g/mol. The Morgan fingerprint density at radius 3 is 2.46 bits per heavy atom. The molecule has 1 heterocycles. The first-order chi connectivity index (χ1) is 13.3. The van der Waals surface area contributed by atoms with Gasteiger partial charge < -0.3 is 0 Å². The van der Waals surface area contributed by atoms with Crippen molar-refractivity contribution in [3.8, 4) is 0 Å². The molecule has 7 nitrogen and oxygen atoms in total. The van der Waals surface area contributed by atoms with E-state index < -0.39 is 10.0 Å². The quantitative estimate of drug-likeness (QED) is 0.496. The van der Waals surface area contributed by atoms with E-state index in [1.54, 1.807) is 16.4 Å². The Bertz CT molecular complexity index is 963. The number of benzene rings is 1. The predicted octanol–water partition coefficient (Wildman–Crippen LogP) is 3.10. The zero-order valence-electron chi connectivity index (χ0n) is 16.0. The second kappa shape index (κ2) is 9.72. The van der Waals surface area contributed by atoms with Gasteiger partial charge in [0.1, 0.15) is 0 Å². The topological polar surface area (TPSA) is 96.4 Å². The van der Waals surface area contributed by atoms with Crippen LogP contribution in [0, 0.1) is 0 Å². The van der Waals surface area contributed by atoms with Crippen LogP contribution < -0.4 is 9.62 Å². The summed E-state index contributed by atoms with van der Waals surface area (Å²) in [5.41, 5.74) is 0.955. The largest absolute Gasteiger partial charge is 0.289 e. The van der Waals surface area contributed by atoms with Gasteiger partial charge in [0.25, 0.3) is 0 Å². The van der Waals surface area contributed by atoms with Gasteiger partial charge >= 0.3 is 0 Å². The predicted molar refractivity (Wildman–Crippen MR) is 111 cm³/mol. The number of sulfonamides is 1. The first-order valence-corrected chi connectivity index (χ1v) is 11.2. The van der Waals surface area contributed by atoms with Crippen molar-refractivity contribution in [3.63, 3.8) is 0 Å². The van der Waals surface area contributed by atoms with Crippen LogP contribution in [-0.4, -0.2) is 38.2 Å². The Labute approximate surface area is 169 Å². The molecule has 1 amide bonds. The number of thiazole rings is 1. The summed E-state index contributed by atoms with van der Waals surface area (Å²) in [5.74, 6) is -0.356. The third-order valence-electron chi connectivity index (χ3n) is 3.83. The minimum Gasteiger partial charge on any atom is -0.289 e. The molecule has 0 aliphatic heterocycles. The number of aromatic nitrogens is 1. The van der Waals surface area contributed by atoms with E-state index in [2.05, 4.69) is 9.71 Å². The van der Waals surface area contributed by atoms with Crippen molar-refractivity contribution in [2.45, 2.75) is 32.1 Å². The summed E-state index contributed by atoms with van der Waals surface area (Å²) in [5, 5.41) is 2.34. The zero-order chi connectivity index (χ0) is 20.7. The number of carbonyl (C=O) groups excluding carboxylic acids is 2. The smallest absolute Gasteiger partial charge is 0.240 e. The van der Waals surface area contributed by atoms with Gasteiger partial charge in [-0.1, -0.05) is 6.92 Å². The minimum atomic E-state index is -3.56. The molecule has 1 aromatic heterocycles. The van der Waals surface area contributed by atoms with Gasteiger partial charge in [-0.05, 0) is 49.8 Å². The number of rotatable bonds is 9. The molecule has 0 saturated heterocycles. The lowest BCUT2D eigenvalue weighted by molar-refractivity contribution is -0.116. The number of nitrogens with zero attached hydrogens (tertiary/aromatic N) is 2. The van der Waals surface area contributed by atoms with Crippen LogP contribution in [0.15, 0.2) is 40.6 Å². The molecule has 0 bridgehead atoms. The Morgan fingerprint density at radius 1 is 1.21 bits per heavy atom. The highest BCUT2D eigenvalue weighted by atomic mass is 32.2. The van der Waals surface area contributed by atoms with Gasteiger partial charge in [0, 0.05) is 31.0 Å². The first kappa shape index (κ1) is 21.9. The molecular formula is C19H23N3O4S2. The van der Waals surface area contributed by atoms with Gasteiger partial charge in [-0.2, -0.15) is 0 Å². The molecule has 0 saturated carbocycles. The van der Waals surface area contributed by atoms with Gasteiger partial charge in [-0.25, -0.2) is 18.1 Å². The van der Waals surface area contributed by atoms with Crippen molar-refractivity contribution in [2.24, 2.45) is 0 Å². The van der Waals surface area contributed by atoms with Crippen molar-refractivity contribution in [1.29, 1.82) is 0 Å². The van der Waals surface area contributed by atoms with E-state index in [9.17, 15) is 18.0 Å². The molecule has 0 unspecified atom stereocenters. The molecule has 2 rings (SSSR count). The average Bonchev–Trinajstić information content (AvgIpc) is 3.13. The van der Waals surface area contributed by atoms with E-state index in [4.69, 9.17) is 0 Å². The maximum atomic E-state index is 12.3. The second-order valence-electron chi connectivity index (χ2n) is 5.94. The average molecular weight is 422 g/mol. The maximum Gasteiger partial charge on any atom is 0.240 e. The van der Waals surface area contributed by atoms with Crippen LogP contribution in [0.5, 0.6) is 0 Å². The molecule has 9 heteroatoms. The van der Waals surface area contributed by atoms with Crippen molar-refractivity contribution in [2.75, 3.05) is 18.0 Å². The van der Waals surface area contributed by atoms with Crippen molar-refractivity contribution in [1.82, 2.24) is 9.71 Å². The number of nitrogens with one attached hydrogen (secondary N) is 1. The number of ketones is 1. The normalized spacial score (nSPS) is 11.7. The molecular weight excluding hydrogens is 398 g/mol. The lowest BCUT2D eigenvalue weighted by Gasteiger charge is -2.14. The van der Waals surface area contributed by atoms with E-state index in [1.165, 1.54) is 48.6 Å². The standard InChI is InChI=1S/C19H23N3O4S2/c1-4-12-20-28(25,26)17-9-6-15(7-10-17)18(24)11-8-16-13-27-19(21-16)22(5-2)14(3)23/h6-11,13,20H,4-5,12H2,1-3H3/b11-8+. The fraction of sp³-hybridized carbons (Fsp3) is 0.316. The number of hydrogen-bond donors (Lipinski definition) is 1. The van der Waals surface area contributed by atoms with Crippen LogP contribution >= 0.6 is 11.3 Å². The van der Waals surface area contributed by atoms with Gasteiger partial charge in [0.15, 0.2) is 10.9 Å². The molecule has 0 spiro atoms. The summed E-state index contributed by atoms with van der Waals surface area (Å²) in [7, 11) is -3.56. The summed E-state index contributed by atoms with van der Waals surface area (Å²) in [6.45, 7) is 6.10. The van der Waals surface area contributed by atoms with Crippen LogP contribution in [0.1, 0.15) is 43.2 Å². The molecule has 1 N–H and O–H groups in total. The van der Waals surface area contributed by atoms with Crippen LogP contribution in [-0.2, 0) is 14.8 Å². The van der Waals surface area contributed by atoms with Crippen LogP contribution in [0.2, 0.25) is 0 Å². The summed E-state index contributed by atoms with van der Waals surface area (Å²) >= 11 is 1.33. The second-order valence-corrected chi connectivity index (χ2v) is 8.54. The summed E-state index contributed by atoms with van der Waals surface area (Å²) in [4.78, 5) is 29.9. The van der Waals surface area contributed by atoms with Crippen LogP contribution in [0.4, 0.5) is 5.13 Å². The Kier molecular flexibility index (Phi) is 7.61. The SMILES string of the molecule is CCCNS(=O)(=O)c1ccc(C(=O)/C=C/c2csc(N(CC)C(C)=O)n2)cc1. The molecule has 1 aromatic carbocycles. The number of carbonyl (C=O) groups is 2. The lowest BCUT2D eigenvalue weighted by Crippen LogP contribution is -2.27. The van der Waals surface area contributed by atoms with Gasteiger partial charge in [-0.3, -0.25) is 14.5 Å². The Morgan fingerprint density at radius 2 is 1.89 bits per heavy atom. The highest BCUT2D eigenvalue weighted by Crippen LogP contribution is 2.21. The fourth-order valence-corrected chi connectivity index (χ4v) is 4.38. The molecule has 28 heavy (non-hydrogen) atoms. The van der Waals surface area contributed by atoms with E-state index in [-0.39, 0.29) is 16.6 Å². The van der Waals surface area contributed by atoms with Gasteiger partial charge in [-0.15, -0.1) is 11.3 Å². The van der Waals surface area contributed by atoms with E-state index in [0.717, 1.165) is 0 Å². The number of allylic oxidation sites excluding steroid dienone is 1. The molecule has 150 valence electrons. The number of hydrogen-bond acceptors (Lipinski definition) is 6. The van der Waals surface area contributed by atoms with Crippen molar-refractivity contribution in [3.05, 3.63) is 47.0 Å². The highest BCUT2D eigenvalue weighted by molar-refractivity contribution is 7.89. The van der Waals surface area contributed by atoms with Crippen LogP contribution in [0.3, 0.4) is 0 Å². The lowest BCUT2D eigenvalue weighted by atomic mass is 10.1. The Hall–Kier alpha value is -2.36. The Balaban J connectivity index is 2.09. The highest BCUT2D eigenvalue weighted by Gasteiger charge is 2.14. The van der Waals surface area contributed by atoms with Gasteiger partial charge in [0.2, 0.25) is 15.9 Å². The number of anilines is 1. The maximum absolute atomic E-state index is 12.3. The fourth-order valence-electron chi connectivity index (χ4n) is 2.34. The molecule has 2 aromatic rings. The zero-order valence-corrected chi connectivity index (χ0v) is 17.6. The van der Waals surface area contributed by atoms with E-state index in [0.29, 0.717) is 35.9 Å². The molecule has 0 atom stereocenters. The third kappa shape index (κ3) is 5.57. The van der Waals surface area contributed by atoms with E-state index >= 15 is 0 Å². The van der Waals surface area contributed by atoms with Gasteiger partial charge in [0.05, 0.1) is 10.6 Å². The summed E-state index contributed by atoms with van der Waals surface area (Å²) < 4.78 is 26.6. The molecule has 0 aliphatic rings. The van der Waals surface area contributed by atoms with Crippen LogP contribution in [0.25, 0.3) is 6.08 Å². The molecule has 0 aliphatic carbocycles. The molecule has 0 fully saturated rings. The first-order valence-electron chi connectivity index (χ1n) is 8.84. The van der Waals surface area contributed by atoms with Crippen molar-refractivity contribution < 1.29 is 18.0 Å². The van der Waals surface area contributed by atoms with Crippen molar-refractivity contribution >= 4 is 44.3 Å². The summed E-state index contributed by atoms with van der Waals surface area (Å²) in [6, 6.07) is 5.78. The third-order valence-corrected chi connectivity index (χ3v) is 6.19. The number of amides is 1. The molecule has 0 radical (unpaired) electrons. The summed E-state index contributed by atoms with van der Waals surface area (Å²) in [6.07, 6.45) is 3.65.